The van der Waals surface area contributed by atoms with E-state index in [4.69, 9.17) is 11.6 Å². The van der Waals surface area contributed by atoms with Gasteiger partial charge in [-0.1, -0.05) is 23.7 Å². The number of anilines is 2. The van der Waals surface area contributed by atoms with Gasteiger partial charge in [0, 0.05) is 29.0 Å². The van der Waals surface area contributed by atoms with E-state index >= 15 is 0 Å². The Hall–Kier alpha value is -3.18. The van der Waals surface area contributed by atoms with Crippen LogP contribution in [-0.4, -0.2) is 23.2 Å². The highest BCUT2D eigenvalue weighted by atomic mass is 35.5. The van der Waals surface area contributed by atoms with E-state index in [1.54, 1.807) is 24.3 Å². The highest BCUT2D eigenvalue weighted by Gasteiger charge is 2.06. The SMILES string of the molecule is CC(=O)c1ccc(Nc2ccc(C(=O)NCCc3ccc(Cl)cc3)cn2)cc1. The van der Waals surface area contributed by atoms with Crippen LogP contribution in [0.1, 0.15) is 33.2 Å². The van der Waals surface area contributed by atoms with Gasteiger partial charge in [-0.05, 0) is 67.4 Å². The maximum atomic E-state index is 12.2. The molecule has 3 rings (SSSR count). The van der Waals surface area contributed by atoms with Crippen molar-refractivity contribution in [2.24, 2.45) is 0 Å². The number of pyridine rings is 1. The molecule has 0 saturated carbocycles. The molecule has 2 N–H and O–H groups in total. The first kappa shape index (κ1) is 19.6. The largest absolute Gasteiger partial charge is 0.352 e. The van der Waals surface area contributed by atoms with E-state index < -0.39 is 0 Å². The summed E-state index contributed by atoms with van der Waals surface area (Å²) in [6, 6.07) is 18.2. The van der Waals surface area contributed by atoms with E-state index in [0.717, 1.165) is 17.7 Å². The summed E-state index contributed by atoms with van der Waals surface area (Å²) in [5.74, 6) is 0.475. The second-order valence-electron chi connectivity index (χ2n) is 6.32. The van der Waals surface area contributed by atoms with Gasteiger partial charge in [-0.3, -0.25) is 9.59 Å². The van der Waals surface area contributed by atoms with Crippen molar-refractivity contribution in [1.82, 2.24) is 10.3 Å². The van der Waals surface area contributed by atoms with E-state index in [0.29, 0.717) is 28.5 Å². The molecule has 2 aromatic carbocycles. The molecule has 0 saturated heterocycles. The van der Waals surface area contributed by atoms with Crippen molar-refractivity contribution in [2.75, 3.05) is 11.9 Å². The molecule has 0 bridgehead atoms. The summed E-state index contributed by atoms with van der Waals surface area (Å²) in [7, 11) is 0. The number of nitrogens with zero attached hydrogens (tertiary/aromatic N) is 1. The second kappa shape index (κ2) is 9.15. The predicted octanol–water partition coefficient (Wildman–Crippen LogP) is 4.65. The zero-order chi connectivity index (χ0) is 19.9. The molecule has 0 atom stereocenters. The number of aromatic nitrogens is 1. The number of hydrogen-bond donors (Lipinski definition) is 2. The van der Waals surface area contributed by atoms with Gasteiger partial charge in [0.1, 0.15) is 5.82 Å². The Morgan fingerprint density at radius 2 is 1.61 bits per heavy atom. The Morgan fingerprint density at radius 3 is 2.21 bits per heavy atom. The summed E-state index contributed by atoms with van der Waals surface area (Å²) in [4.78, 5) is 27.8. The number of carbonyl (C=O) groups is 2. The van der Waals surface area contributed by atoms with Crippen molar-refractivity contribution >= 4 is 34.8 Å². The minimum Gasteiger partial charge on any atom is -0.352 e. The first-order valence-electron chi connectivity index (χ1n) is 8.88. The summed E-state index contributed by atoms with van der Waals surface area (Å²) in [5, 5.41) is 6.72. The number of halogens is 1. The Bertz CT molecular complexity index is 953. The lowest BCUT2D eigenvalue weighted by Gasteiger charge is -2.08. The Balaban J connectivity index is 1.52. The van der Waals surface area contributed by atoms with Crippen LogP contribution in [-0.2, 0) is 6.42 Å². The average molecular weight is 394 g/mol. The summed E-state index contributed by atoms with van der Waals surface area (Å²) in [6.07, 6.45) is 2.26. The molecule has 0 aliphatic carbocycles. The van der Waals surface area contributed by atoms with Gasteiger partial charge in [-0.2, -0.15) is 0 Å². The maximum Gasteiger partial charge on any atom is 0.252 e. The van der Waals surface area contributed by atoms with Crippen LogP contribution in [0.5, 0.6) is 0 Å². The third kappa shape index (κ3) is 5.41. The maximum absolute atomic E-state index is 12.2. The molecule has 0 spiro atoms. The lowest BCUT2D eigenvalue weighted by Crippen LogP contribution is -2.25. The number of rotatable bonds is 7. The predicted molar refractivity (Wildman–Crippen MR) is 111 cm³/mol. The summed E-state index contributed by atoms with van der Waals surface area (Å²) < 4.78 is 0. The number of benzene rings is 2. The highest BCUT2D eigenvalue weighted by molar-refractivity contribution is 6.30. The lowest BCUT2D eigenvalue weighted by atomic mass is 10.1. The standard InChI is InChI=1S/C22H20ClN3O2/c1-15(27)17-4-9-20(10-5-17)26-21-11-6-18(14-25-21)22(28)24-13-12-16-2-7-19(23)8-3-16/h2-11,14H,12-13H2,1H3,(H,24,28)(H,25,26). The van der Waals surface area contributed by atoms with Crippen LogP contribution in [0.25, 0.3) is 0 Å². The van der Waals surface area contributed by atoms with Gasteiger partial charge >= 0.3 is 0 Å². The normalized spacial score (nSPS) is 10.4. The van der Waals surface area contributed by atoms with Gasteiger partial charge in [-0.15, -0.1) is 0 Å². The fourth-order valence-electron chi connectivity index (χ4n) is 2.61. The smallest absolute Gasteiger partial charge is 0.252 e. The molecule has 0 aliphatic heterocycles. The number of ketones is 1. The van der Waals surface area contributed by atoms with Gasteiger partial charge < -0.3 is 10.6 Å². The highest BCUT2D eigenvalue weighted by Crippen LogP contribution is 2.16. The van der Waals surface area contributed by atoms with Crippen LogP contribution in [0.4, 0.5) is 11.5 Å². The third-order valence-electron chi connectivity index (χ3n) is 4.20. The van der Waals surface area contributed by atoms with Crippen molar-refractivity contribution in [3.05, 3.63) is 88.6 Å². The Morgan fingerprint density at radius 1 is 0.929 bits per heavy atom. The van der Waals surface area contributed by atoms with Crippen molar-refractivity contribution in [3.8, 4) is 0 Å². The molecular weight excluding hydrogens is 374 g/mol. The zero-order valence-corrected chi connectivity index (χ0v) is 16.2. The van der Waals surface area contributed by atoms with Crippen molar-refractivity contribution < 1.29 is 9.59 Å². The van der Waals surface area contributed by atoms with E-state index in [2.05, 4.69) is 15.6 Å². The average Bonchev–Trinajstić information content (AvgIpc) is 2.70. The molecule has 0 unspecified atom stereocenters. The van der Waals surface area contributed by atoms with Crippen LogP contribution >= 0.6 is 11.6 Å². The molecule has 0 fully saturated rings. The molecule has 1 heterocycles. The fraction of sp³-hybridized carbons (Fsp3) is 0.136. The van der Waals surface area contributed by atoms with E-state index in [-0.39, 0.29) is 11.7 Å². The van der Waals surface area contributed by atoms with Crippen LogP contribution in [0.3, 0.4) is 0 Å². The van der Waals surface area contributed by atoms with Crippen molar-refractivity contribution in [3.63, 3.8) is 0 Å². The summed E-state index contributed by atoms with van der Waals surface area (Å²) in [5.41, 5.74) is 3.08. The molecule has 28 heavy (non-hydrogen) atoms. The van der Waals surface area contributed by atoms with Gasteiger partial charge in [-0.25, -0.2) is 4.98 Å². The van der Waals surface area contributed by atoms with Crippen LogP contribution in [0, 0.1) is 0 Å². The fourth-order valence-corrected chi connectivity index (χ4v) is 2.74. The van der Waals surface area contributed by atoms with E-state index in [9.17, 15) is 9.59 Å². The molecule has 142 valence electrons. The number of hydrogen-bond acceptors (Lipinski definition) is 4. The first-order chi connectivity index (χ1) is 13.5. The molecule has 3 aromatic rings. The van der Waals surface area contributed by atoms with Crippen molar-refractivity contribution in [1.29, 1.82) is 0 Å². The monoisotopic (exact) mass is 393 g/mol. The molecule has 0 aliphatic rings. The molecule has 5 nitrogen and oxygen atoms in total. The number of carbonyl (C=O) groups excluding carboxylic acids is 2. The molecule has 0 radical (unpaired) electrons. The van der Waals surface area contributed by atoms with Crippen LogP contribution in [0.15, 0.2) is 66.9 Å². The first-order valence-corrected chi connectivity index (χ1v) is 9.26. The molecule has 6 heteroatoms. The topological polar surface area (TPSA) is 71.1 Å². The number of nitrogens with one attached hydrogen (secondary N) is 2. The lowest BCUT2D eigenvalue weighted by molar-refractivity contribution is 0.0952. The zero-order valence-electron chi connectivity index (χ0n) is 15.4. The van der Waals surface area contributed by atoms with E-state index in [1.807, 2.05) is 36.4 Å². The molecule has 1 amide bonds. The van der Waals surface area contributed by atoms with Crippen LogP contribution < -0.4 is 10.6 Å². The quantitative estimate of drug-likeness (QED) is 0.573. The van der Waals surface area contributed by atoms with Gasteiger partial charge in [0.25, 0.3) is 5.91 Å². The number of amides is 1. The number of Topliss-reactive ketones (excluding diaryl/α,β-unsaturated/α-hetero) is 1. The molecular formula is C22H20ClN3O2. The van der Waals surface area contributed by atoms with Crippen molar-refractivity contribution in [2.45, 2.75) is 13.3 Å². The van der Waals surface area contributed by atoms with E-state index in [1.165, 1.54) is 13.1 Å². The second-order valence-corrected chi connectivity index (χ2v) is 6.76. The minimum atomic E-state index is -0.168. The minimum absolute atomic E-state index is 0.0242. The third-order valence-corrected chi connectivity index (χ3v) is 4.45. The summed E-state index contributed by atoms with van der Waals surface area (Å²) >= 11 is 5.86. The molecule has 1 aromatic heterocycles. The van der Waals surface area contributed by atoms with Gasteiger partial charge in [0.15, 0.2) is 5.78 Å². The summed E-state index contributed by atoms with van der Waals surface area (Å²) in [6.45, 7) is 2.06. The van der Waals surface area contributed by atoms with Gasteiger partial charge in [0.2, 0.25) is 0 Å². The van der Waals surface area contributed by atoms with Crippen LogP contribution in [0.2, 0.25) is 5.02 Å². The van der Waals surface area contributed by atoms with Gasteiger partial charge in [0.05, 0.1) is 5.56 Å². The Kier molecular flexibility index (Phi) is 6.40. The Labute approximate surface area is 168 Å².